The SMILES string of the molecule is CNC(=O)Nc1ccc2c(c1)cc1n2C(CC(=O)NC(C)C)CNC1=O. The molecule has 8 nitrogen and oxygen atoms in total. The molecule has 1 aliphatic heterocycles. The van der Waals surface area contributed by atoms with Crippen LogP contribution in [0.25, 0.3) is 10.9 Å². The molecule has 0 saturated heterocycles. The number of carbonyl (C=O) groups excluding carboxylic acids is 3. The summed E-state index contributed by atoms with van der Waals surface area (Å²) in [6, 6.07) is 6.84. The molecule has 0 fully saturated rings. The van der Waals surface area contributed by atoms with E-state index in [-0.39, 0.29) is 36.3 Å². The summed E-state index contributed by atoms with van der Waals surface area (Å²) in [7, 11) is 1.54. The van der Waals surface area contributed by atoms with E-state index in [9.17, 15) is 14.4 Å². The molecule has 2 aromatic rings. The van der Waals surface area contributed by atoms with Crippen molar-refractivity contribution < 1.29 is 14.4 Å². The van der Waals surface area contributed by atoms with Gasteiger partial charge in [-0.25, -0.2) is 4.79 Å². The number of hydrogen-bond donors (Lipinski definition) is 4. The summed E-state index contributed by atoms with van der Waals surface area (Å²) in [4.78, 5) is 35.9. The zero-order valence-electron chi connectivity index (χ0n) is 15.1. The van der Waals surface area contributed by atoms with Crippen LogP contribution >= 0.6 is 0 Å². The van der Waals surface area contributed by atoms with Crippen LogP contribution in [0.15, 0.2) is 24.3 Å². The first-order valence-corrected chi connectivity index (χ1v) is 8.60. The molecular formula is C18H23N5O3. The van der Waals surface area contributed by atoms with Crippen molar-refractivity contribution in [3.05, 3.63) is 30.0 Å². The molecule has 26 heavy (non-hydrogen) atoms. The van der Waals surface area contributed by atoms with Crippen LogP contribution in [0.3, 0.4) is 0 Å². The minimum Gasteiger partial charge on any atom is -0.354 e. The number of nitrogens with zero attached hydrogens (tertiary/aromatic N) is 1. The van der Waals surface area contributed by atoms with Gasteiger partial charge in [-0.1, -0.05) is 0 Å². The molecule has 2 heterocycles. The van der Waals surface area contributed by atoms with Gasteiger partial charge in [0.05, 0.1) is 6.04 Å². The summed E-state index contributed by atoms with van der Waals surface area (Å²) in [5, 5.41) is 11.8. The van der Waals surface area contributed by atoms with Gasteiger partial charge in [0.2, 0.25) is 5.91 Å². The number of fused-ring (bicyclic) bond motifs is 3. The van der Waals surface area contributed by atoms with Gasteiger partial charge in [0.1, 0.15) is 5.69 Å². The summed E-state index contributed by atoms with van der Waals surface area (Å²) < 4.78 is 1.91. The maximum atomic E-state index is 12.3. The monoisotopic (exact) mass is 357 g/mol. The van der Waals surface area contributed by atoms with Gasteiger partial charge in [0.25, 0.3) is 5.91 Å². The lowest BCUT2D eigenvalue weighted by Crippen LogP contribution is -2.41. The molecule has 1 atom stereocenters. The van der Waals surface area contributed by atoms with E-state index in [1.54, 1.807) is 19.2 Å². The highest BCUT2D eigenvalue weighted by Gasteiger charge is 2.28. The third-order valence-electron chi connectivity index (χ3n) is 4.29. The second kappa shape index (κ2) is 7.07. The average molecular weight is 357 g/mol. The third-order valence-corrected chi connectivity index (χ3v) is 4.29. The number of rotatable bonds is 4. The molecule has 0 aliphatic carbocycles. The number of anilines is 1. The van der Waals surface area contributed by atoms with Gasteiger partial charge in [-0.15, -0.1) is 0 Å². The Balaban J connectivity index is 1.95. The smallest absolute Gasteiger partial charge is 0.318 e. The van der Waals surface area contributed by atoms with Crippen LogP contribution in [-0.4, -0.2) is 42.0 Å². The molecule has 4 amide bonds. The van der Waals surface area contributed by atoms with Gasteiger partial charge >= 0.3 is 6.03 Å². The van der Waals surface area contributed by atoms with Gasteiger partial charge in [0.15, 0.2) is 0 Å². The van der Waals surface area contributed by atoms with E-state index in [0.717, 1.165) is 10.9 Å². The van der Waals surface area contributed by atoms with Crippen molar-refractivity contribution in [1.29, 1.82) is 0 Å². The Labute approximate surface area is 151 Å². The van der Waals surface area contributed by atoms with Gasteiger partial charge < -0.3 is 25.8 Å². The molecule has 4 N–H and O–H groups in total. The summed E-state index contributed by atoms with van der Waals surface area (Å²) in [6.45, 7) is 4.23. The average Bonchev–Trinajstić information content (AvgIpc) is 2.96. The van der Waals surface area contributed by atoms with E-state index < -0.39 is 0 Å². The normalized spacial score (nSPS) is 16.2. The second-order valence-electron chi connectivity index (χ2n) is 6.67. The van der Waals surface area contributed by atoms with Crippen LogP contribution in [0.2, 0.25) is 0 Å². The van der Waals surface area contributed by atoms with Crippen LogP contribution in [0, 0.1) is 0 Å². The van der Waals surface area contributed by atoms with Crippen molar-refractivity contribution in [3.63, 3.8) is 0 Å². The second-order valence-corrected chi connectivity index (χ2v) is 6.67. The molecule has 0 bridgehead atoms. The predicted molar refractivity (Wildman–Crippen MR) is 99.3 cm³/mol. The van der Waals surface area contributed by atoms with Crippen LogP contribution in [0.5, 0.6) is 0 Å². The molecule has 0 radical (unpaired) electrons. The number of nitrogens with one attached hydrogen (secondary N) is 4. The number of aromatic nitrogens is 1. The van der Waals surface area contributed by atoms with Crippen LogP contribution < -0.4 is 21.3 Å². The predicted octanol–water partition coefficient (Wildman–Crippen LogP) is 1.59. The summed E-state index contributed by atoms with van der Waals surface area (Å²) in [6.07, 6.45) is 0.285. The maximum Gasteiger partial charge on any atom is 0.318 e. The number of hydrogen-bond acceptors (Lipinski definition) is 3. The van der Waals surface area contributed by atoms with Crippen molar-refractivity contribution in [1.82, 2.24) is 20.5 Å². The molecule has 138 valence electrons. The first-order valence-electron chi connectivity index (χ1n) is 8.60. The largest absolute Gasteiger partial charge is 0.354 e. The number of amides is 4. The van der Waals surface area contributed by atoms with Crippen molar-refractivity contribution in [2.24, 2.45) is 0 Å². The van der Waals surface area contributed by atoms with E-state index in [1.807, 2.05) is 30.5 Å². The third kappa shape index (κ3) is 3.49. The fourth-order valence-corrected chi connectivity index (χ4v) is 3.23. The van der Waals surface area contributed by atoms with Crippen molar-refractivity contribution in [2.75, 3.05) is 18.9 Å². The van der Waals surface area contributed by atoms with Crippen molar-refractivity contribution >= 4 is 34.4 Å². The standard InChI is InChI=1S/C18H23N5O3/c1-10(2)21-16(24)8-13-9-20-17(25)15-7-11-6-12(22-18(26)19-3)4-5-14(11)23(13)15/h4-7,10,13H,8-9H2,1-3H3,(H,20,25)(H,21,24)(H2,19,22,26). The highest BCUT2D eigenvalue weighted by atomic mass is 16.2. The Hall–Kier alpha value is -3.03. The molecule has 0 spiro atoms. The number of urea groups is 1. The van der Waals surface area contributed by atoms with Crippen LogP contribution in [-0.2, 0) is 4.79 Å². The molecule has 0 saturated carbocycles. The van der Waals surface area contributed by atoms with E-state index in [1.165, 1.54) is 0 Å². The highest BCUT2D eigenvalue weighted by molar-refractivity contribution is 6.01. The molecule has 3 rings (SSSR count). The van der Waals surface area contributed by atoms with Crippen LogP contribution in [0.1, 0.15) is 36.8 Å². The lowest BCUT2D eigenvalue weighted by molar-refractivity contribution is -0.122. The summed E-state index contributed by atoms with van der Waals surface area (Å²) in [5.41, 5.74) is 2.01. The van der Waals surface area contributed by atoms with Crippen molar-refractivity contribution in [2.45, 2.75) is 32.4 Å². The minimum absolute atomic E-state index is 0.0492. The van der Waals surface area contributed by atoms with Crippen LogP contribution in [0.4, 0.5) is 10.5 Å². The first-order chi connectivity index (χ1) is 12.4. The molecule has 1 aromatic heterocycles. The Kier molecular flexibility index (Phi) is 4.83. The number of benzene rings is 1. The number of carbonyl (C=O) groups is 3. The van der Waals surface area contributed by atoms with Crippen molar-refractivity contribution in [3.8, 4) is 0 Å². The Morgan fingerprint density at radius 3 is 2.77 bits per heavy atom. The lowest BCUT2D eigenvalue weighted by atomic mass is 10.1. The van der Waals surface area contributed by atoms with Gasteiger partial charge in [-0.2, -0.15) is 0 Å². The zero-order chi connectivity index (χ0) is 18.8. The van der Waals surface area contributed by atoms with E-state index in [2.05, 4.69) is 21.3 Å². The topological polar surface area (TPSA) is 104 Å². The Bertz CT molecular complexity index is 871. The van der Waals surface area contributed by atoms with Gasteiger partial charge in [-0.05, 0) is 38.1 Å². The van der Waals surface area contributed by atoms with Gasteiger partial charge in [-0.3, -0.25) is 9.59 Å². The molecule has 1 aromatic carbocycles. The highest BCUT2D eigenvalue weighted by Crippen LogP contribution is 2.30. The Morgan fingerprint density at radius 2 is 2.08 bits per heavy atom. The maximum absolute atomic E-state index is 12.3. The molecule has 8 heteroatoms. The lowest BCUT2D eigenvalue weighted by Gasteiger charge is -2.27. The minimum atomic E-state index is -0.311. The molecule has 1 unspecified atom stereocenters. The fraction of sp³-hybridized carbons (Fsp3) is 0.389. The molecule has 1 aliphatic rings. The zero-order valence-corrected chi connectivity index (χ0v) is 15.1. The van der Waals surface area contributed by atoms with E-state index in [4.69, 9.17) is 0 Å². The van der Waals surface area contributed by atoms with Gasteiger partial charge in [0, 0.05) is 42.6 Å². The summed E-state index contributed by atoms with van der Waals surface area (Å²) >= 11 is 0. The Morgan fingerprint density at radius 1 is 1.31 bits per heavy atom. The van der Waals surface area contributed by atoms with E-state index in [0.29, 0.717) is 17.9 Å². The fourth-order valence-electron chi connectivity index (χ4n) is 3.23. The first kappa shape index (κ1) is 17.8. The molecular weight excluding hydrogens is 334 g/mol. The summed E-state index contributed by atoms with van der Waals surface area (Å²) in [5.74, 6) is -0.214. The van der Waals surface area contributed by atoms with E-state index >= 15 is 0 Å². The quantitative estimate of drug-likeness (QED) is 0.668.